The van der Waals surface area contributed by atoms with E-state index in [2.05, 4.69) is 10.6 Å². The van der Waals surface area contributed by atoms with Gasteiger partial charge in [-0.05, 0) is 33.6 Å². The average molecular weight is 272 g/mol. The molecule has 110 valence electrons. The third kappa shape index (κ3) is 6.42. The van der Waals surface area contributed by atoms with Crippen LogP contribution in [0, 0.1) is 0 Å². The van der Waals surface area contributed by atoms with Crippen LogP contribution < -0.4 is 10.6 Å². The Morgan fingerprint density at radius 2 is 1.79 bits per heavy atom. The lowest BCUT2D eigenvalue weighted by molar-refractivity contribution is -0.136. The molecule has 6 heteroatoms. The van der Waals surface area contributed by atoms with Gasteiger partial charge in [0.25, 0.3) is 0 Å². The van der Waals surface area contributed by atoms with Crippen LogP contribution in [0.2, 0.25) is 0 Å². The van der Waals surface area contributed by atoms with E-state index in [9.17, 15) is 9.59 Å². The highest BCUT2D eigenvalue weighted by Crippen LogP contribution is 2.19. The molecule has 1 unspecified atom stereocenters. The fourth-order valence-electron chi connectivity index (χ4n) is 2.23. The molecule has 2 atom stereocenters. The van der Waals surface area contributed by atoms with Crippen molar-refractivity contribution >= 4 is 12.1 Å². The quantitative estimate of drug-likeness (QED) is 0.722. The van der Waals surface area contributed by atoms with E-state index in [0.717, 1.165) is 25.7 Å². The molecule has 0 aromatic carbocycles. The van der Waals surface area contributed by atoms with Crippen LogP contribution in [-0.2, 0) is 9.53 Å². The highest BCUT2D eigenvalue weighted by atomic mass is 16.6. The van der Waals surface area contributed by atoms with Crippen molar-refractivity contribution in [2.45, 2.75) is 64.1 Å². The molecular formula is C13H24N2O4. The van der Waals surface area contributed by atoms with Crippen molar-refractivity contribution in [1.82, 2.24) is 10.6 Å². The number of amides is 1. The SMILES string of the molecule is CC(C)(C)OC(=O)N[C@H]1CCCCC1NCC(=O)O. The van der Waals surface area contributed by atoms with Crippen molar-refractivity contribution in [2.75, 3.05) is 6.54 Å². The summed E-state index contributed by atoms with van der Waals surface area (Å²) in [4.78, 5) is 22.3. The summed E-state index contributed by atoms with van der Waals surface area (Å²) in [5.74, 6) is -0.887. The van der Waals surface area contributed by atoms with Crippen LogP contribution in [0.15, 0.2) is 0 Å². The van der Waals surface area contributed by atoms with Gasteiger partial charge >= 0.3 is 12.1 Å². The van der Waals surface area contributed by atoms with E-state index in [1.807, 2.05) is 20.8 Å². The van der Waals surface area contributed by atoms with Crippen LogP contribution in [0.4, 0.5) is 4.79 Å². The molecule has 19 heavy (non-hydrogen) atoms. The van der Waals surface area contributed by atoms with Gasteiger partial charge in [0.05, 0.1) is 6.54 Å². The molecule has 1 aliphatic carbocycles. The normalized spacial score (nSPS) is 23.7. The van der Waals surface area contributed by atoms with Gasteiger partial charge < -0.3 is 20.5 Å². The second-order valence-corrected chi connectivity index (χ2v) is 5.92. The highest BCUT2D eigenvalue weighted by Gasteiger charge is 2.28. The first-order valence-electron chi connectivity index (χ1n) is 6.72. The van der Waals surface area contributed by atoms with Crippen molar-refractivity contribution < 1.29 is 19.4 Å². The molecule has 0 spiro atoms. The van der Waals surface area contributed by atoms with Gasteiger partial charge in [0.1, 0.15) is 5.60 Å². The van der Waals surface area contributed by atoms with Crippen molar-refractivity contribution in [3.63, 3.8) is 0 Å². The van der Waals surface area contributed by atoms with Crippen molar-refractivity contribution in [1.29, 1.82) is 0 Å². The second kappa shape index (κ2) is 6.75. The summed E-state index contributed by atoms with van der Waals surface area (Å²) in [6.07, 6.45) is 3.35. The number of hydrogen-bond acceptors (Lipinski definition) is 4. The first-order chi connectivity index (χ1) is 8.78. The molecule has 1 rings (SSSR count). The number of hydrogen-bond donors (Lipinski definition) is 3. The van der Waals surface area contributed by atoms with Crippen LogP contribution in [0.1, 0.15) is 46.5 Å². The first kappa shape index (κ1) is 15.8. The summed E-state index contributed by atoms with van der Waals surface area (Å²) in [7, 11) is 0. The number of aliphatic carboxylic acids is 1. The minimum Gasteiger partial charge on any atom is -0.480 e. The summed E-state index contributed by atoms with van der Waals surface area (Å²) in [5.41, 5.74) is -0.525. The maximum absolute atomic E-state index is 11.7. The van der Waals surface area contributed by atoms with Crippen LogP contribution >= 0.6 is 0 Å². The Labute approximate surface area is 113 Å². The monoisotopic (exact) mass is 272 g/mol. The average Bonchev–Trinajstić information content (AvgIpc) is 2.25. The van der Waals surface area contributed by atoms with E-state index in [4.69, 9.17) is 9.84 Å². The summed E-state index contributed by atoms with van der Waals surface area (Å²) in [5, 5.41) is 14.5. The molecule has 1 saturated carbocycles. The standard InChI is InChI=1S/C13H24N2O4/c1-13(2,3)19-12(18)15-10-7-5-4-6-9(10)14-8-11(16)17/h9-10,14H,4-8H2,1-3H3,(H,15,18)(H,16,17)/t9?,10-/m0/s1. The molecule has 1 aliphatic rings. The number of carboxylic acids is 1. The molecule has 6 nitrogen and oxygen atoms in total. The number of carboxylic acid groups (broad SMARTS) is 1. The van der Waals surface area contributed by atoms with Crippen molar-refractivity contribution in [2.24, 2.45) is 0 Å². The van der Waals surface area contributed by atoms with Gasteiger partial charge in [0.2, 0.25) is 0 Å². The van der Waals surface area contributed by atoms with Crippen LogP contribution in [0.5, 0.6) is 0 Å². The predicted molar refractivity (Wildman–Crippen MR) is 71.1 cm³/mol. The summed E-state index contributed by atoms with van der Waals surface area (Å²) in [6.45, 7) is 5.35. The molecule has 1 fully saturated rings. The number of alkyl carbamates (subject to hydrolysis) is 1. The van der Waals surface area contributed by atoms with Gasteiger partial charge in [-0.25, -0.2) is 4.79 Å². The van der Waals surface area contributed by atoms with Crippen LogP contribution in [0.3, 0.4) is 0 Å². The predicted octanol–water partition coefficient (Wildman–Crippen LogP) is 1.50. The van der Waals surface area contributed by atoms with E-state index in [0.29, 0.717) is 0 Å². The maximum Gasteiger partial charge on any atom is 0.407 e. The molecule has 0 heterocycles. The summed E-state index contributed by atoms with van der Waals surface area (Å²) < 4.78 is 5.22. The van der Waals surface area contributed by atoms with Gasteiger partial charge in [-0.15, -0.1) is 0 Å². The summed E-state index contributed by atoms with van der Waals surface area (Å²) in [6, 6.07) is -0.0691. The zero-order valence-electron chi connectivity index (χ0n) is 11.9. The van der Waals surface area contributed by atoms with E-state index in [1.54, 1.807) is 0 Å². The zero-order valence-corrected chi connectivity index (χ0v) is 11.9. The lowest BCUT2D eigenvalue weighted by atomic mass is 9.90. The Bertz CT molecular complexity index is 325. The molecule has 0 aliphatic heterocycles. The molecule has 3 N–H and O–H groups in total. The Morgan fingerprint density at radius 3 is 2.32 bits per heavy atom. The van der Waals surface area contributed by atoms with E-state index >= 15 is 0 Å². The number of ether oxygens (including phenoxy) is 1. The Hall–Kier alpha value is -1.30. The third-order valence-corrected chi connectivity index (χ3v) is 2.98. The lowest BCUT2D eigenvalue weighted by Gasteiger charge is -2.33. The number of carbonyl (C=O) groups is 2. The van der Waals surface area contributed by atoms with Gasteiger partial charge in [-0.1, -0.05) is 12.8 Å². The number of nitrogens with one attached hydrogen (secondary N) is 2. The smallest absolute Gasteiger partial charge is 0.407 e. The molecule has 0 radical (unpaired) electrons. The minimum atomic E-state index is -0.887. The molecular weight excluding hydrogens is 248 g/mol. The molecule has 0 saturated heterocycles. The molecule has 0 bridgehead atoms. The van der Waals surface area contributed by atoms with E-state index in [1.165, 1.54) is 0 Å². The number of rotatable bonds is 4. The fraction of sp³-hybridized carbons (Fsp3) is 0.846. The Balaban J connectivity index is 2.47. The first-order valence-corrected chi connectivity index (χ1v) is 6.72. The Morgan fingerprint density at radius 1 is 1.21 bits per heavy atom. The topological polar surface area (TPSA) is 87.7 Å². The molecule has 0 aromatic heterocycles. The molecule has 1 amide bonds. The van der Waals surface area contributed by atoms with Crippen LogP contribution in [-0.4, -0.2) is 41.4 Å². The van der Waals surface area contributed by atoms with Gasteiger partial charge in [-0.2, -0.15) is 0 Å². The Kier molecular flexibility index (Phi) is 5.60. The van der Waals surface area contributed by atoms with Crippen LogP contribution in [0.25, 0.3) is 0 Å². The van der Waals surface area contributed by atoms with Crippen molar-refractivity contribution in [3.8, 4) is 0 Å². The van der Waals surface area contributed by atoms with Gasteiger partial charge in [0, 0.05) is 12.1 Å². The maximum atomic E-state index is 11.7. The number of carbonyl (C=O) groups excluding carboxylic acids is 1. The van der Waals surface area contributed by atoms with Gasteiger partial charge in [-0.3, -0.25) is 4.79 Å². The third-order valence-electron chi connectivity index (χ3n) is 2.98. The summed E-state index contributed by atoms with van der Waals surface area (Å²) >= 11 is 0. The minimum absolute atomic E-state index is 0.00244. The van der Waals surface area contributed by atoms with Crippen molar-refractivity contribution in [3.05, 3.63) is 0 Å². The fourth-order valence-corrected chi connectivity index (χ4v) is 2.23. The highest BCUT2D eigenvalue weighted by molar-refractivity contribution is 5.69. The van der Waals surface area contributed by atoms with Gasteiger partial charge in [0.15, 0.2) is 0 Å². The van der Waals surface area contributed by atoms with E-state index < -0.39 is 17.7 Å². The second-order valence-electron chi connectivity index (χ2n) is 5.92. The largest absolute Gasteiger partial charge is 0.480 e. The zero-order chi connectivity index (χ0) is 14.5. The molecule has 0 aromatic rings. The van der Waals surface area contributed by atoms with E-state index in [-0.39, 0.29) is 18.6 Å². The lowest BCUT2D eigenvalue weighted by Crippen LogP contribution is -2.53.